The minimum atomic E-state index is 0.390. The van der Waals surface area contributed by atoms with Crippen LogP contribution < -0.4 is 11.1 Å². The Morgan fingerprint density at radius 3 is 2.56 bits per heavy atom. The van der Waals surface area contributed by atoms with Crippen molar-refractivity contribution in [2.75, 3.05) is 26.2 Å². The largest absolute Gasteiger partial charge is 0.330 e. The van der Waals surface area contributed by atoms with E-state index in [1.165, 1.54) is 38.8 Å². The van der Waals surface area contributed by atoms with Gasteiger partial charge in [0.15, 0.2) is 0 Å². The van der Waals surface area contributed by atoms with Crippen LogP contribution in [0.15, 0.2) is 0 Å². The molecule has 1 aliphatic carbocycles. The smallest absolute Gasteiger partial charge is 0.0207 e. The fraction of sp³-hybridized carbons (Fsp3) is 1.00. The van der Waals surface area contributed by atoms with Crippen LogP contribution in [0.1, 0.15) is 46.5 Å². The highest BCUT2D eigenvalue weighted by Gasteiger charge is 2.34. The summed E-state index contributed by atoms with van der Waals surface area (Å²) >= 11 is 0. The first-order valence-electron chi connectivity index (χ1n) is 7.65. The number of nitrogens with two attached hydrogens (primary N) is 1. The predicted octanol–water partition coefficient (Wildman–Crippen LogP) is 1.82. The Labute approximate surface area is 112 Å². The highest BCUT2D eigenvalue weighted by molar-refractivity contribution is 4.92. The van der Waals surface area contributed by atoms with E-state index in [9.17, 15) is 0 Å². The van der Waals surface area contributed by atoms with Crippen LogP contribution in [-0.2, 0) is 0 Å². The number of nitrogens with zero attached hydrogens (tertiary/aromatic N) is 1. The van der Waals surface area contributed by atoms with Gasteiger partial charge in [0.2, 0.25) is 0 Å². The molecule has 1 heterocycles. The minimum absolute atomic E-state index is 0.390. The standard InChI is InChI=1S/C15H31N3/c1-15(2,3)8-12(9-16)10-17-13-6-7-18(11-13)14-4-5-14/h12-14,17H,4-11,16H2,1-3H3. The van der Waals surface area contributed by atoms with Crippen LogP contribution in [0.2, 0.25) is 0 Å². The number of nitrogens with one attached hydrogen (secondary N) is 1. The molecule has 2 fully saturated rings. The zero-order valence-corrected chi connectivity index (χ0v) is 12.4. The molecule has 0 aromatic carbocycles. The topological polar surface area (TPSA) is 41.3 Å². The molecule has 106 valence electrons. The van der Waals surface area contributed by atoms with Crippen molar-refractivity contribution in [1.82, 2.24) is 10.2 Å². The van der Waals surface area contributed by atoms with Gasteiger partial charge >= 0.3 is 0 Å². The van der Waals surface area contributed by atoms with Crippen LogP contribution in [0.25, 0.3) is 0 Å². The van der Waals surface area contributed by atoms with Gasteiger partial charge in [-0.3, -0.25) is 4.90 Å². The lowest BCUT2D eigenvalue weighted by Crippen LogP contribution is -2.39. The monoisotopic (exact) mass is 253 g/mol. The van der Waals surface area contributed by atoms with Gasteiger partial charge in [-0.15, -0.1) is 0 Å². The quantitative estimate of drug-likeness (QED) is 0.759. The summed E-state index contributed by atoms with van der Waals surface area (Å²) in [5.41, 5.74) is 6.29. The van der Waals surface area contributed by atoms with Crippen LogP contribution in [0, 0.1) is 11.3 Å². The molecule has 2 aliphatic rings. The lowest BCUT2D eigenvalue weighted by molar-refractivity contribution is 0.277. The van der Waals surface area contributed by atoms with Crippen molar-refractivity contribution >= 4 is 0 Å². The van der Waals surface area contributed by atoms with E-state index in [-0.39, 0.29) is 0 Å². The van der Waals surface area contributed by atoms with E-state index in [0.29, 0.717) is 17.4 Å². The lowest BCUT2D eigenvalue weighted by atomic mass is 9.84. The van der Waals surface area contributed by atoms with E-state index >= 15 is 0 Å². The van der Waals surface area contributed by atoms with E-state index in [2.05, 4.69) is 31.0 Å². The molecular weight excluding hydrogens is 222 g/mol. The molecule has 0 aromatic heterocycles. The molecule has 0 radical (unpaired) electrons. The first-order valence-corrected chi connectivity index (χ1v) is 7.65. The highest BCUT2D eigenvalue weighted by atomic mass is 15.2. The number of hydrogen-bond donors (Lipinski definition) is 2. The summed E-state index contributed by atoms with van der Waals surface area (Å²) in [6, 6.07) is 1.64. The summed E-state index contributed by atoms with van der Waals surface area (Å²) in [7, 11) is 0. The van der Waals surface area contributed by atoms with Crippen molar-refractivity contribution in [3.63, 3.8) is 0 Å². The molecule has 0 amide bonds. The molecule has 3 heteroatoms. The molecule has 0 bridgehead atoms. The van der Waals surface area contributed by atoms with Gasteiger partial charge in [-0.2, -0.15) is 0 Å². The van der Waals surface area contributed by atoms with E-state index in [1.807, 2.05) is 0 Å². The molecule has 1 saturated carbocycles. The summed E-state index contributed by atoms with van der Waals surface area (Å²) in [4.78, 5) is 2.67. The van der Waals surface area contributed by atoms with Crippen LogP contribution in [-0.4, -0.2) is 43.2 Å². The molecule has 2 rings (SSSR count). The average molecular weight is 253 g/mol. The van der Waals surface area contributed by atoms with Crippen molar-refractivity contribution < 1.29 is 0 Å². The molecule has 3 nitrogen and oxygen atoms in total. The number of hydrogen-bond acceptors (Lipinski definition) is 3. The van der Waals surface area contributed by atoms with Gasteiger partial charge in [-0.05, 0) is 50.1 Å². The minimum Gasteiger partial charge on any atom is -0.330 e. The molecule has 1 saturated heterocycles. The summed E-state index contributed by atoms with van der Waals surface area (Å²) in [6.07, 6.45) is 5.41. The van der Waals surface area contributed by atoms with E-state index < -0.39 is 0 Å². The van der Waals surface area contributed by atoms with Gasteiger partial charge in [-0.25, -0.2) is 0 Å². The maximum atomic E-state index is 5.90. The Morgan fingerprint density at radius 1 is 1.28 bits per heavy atom. The third-order valence-electron chi connectivity index (χ3n) is 4.21. The lowest BCUT2D eigenvalue weighted by Gasteiger charge is -2.26. The van der Waals surface area contributed by atoms with E-state index in [0.717, 1.165) is 19.1 Å². The van der Waals surface area contributed by atoms with Crippen molar-refractivity contribution in [1.29, 1.82) is 0 Å². The van der Waals surface area contributed by atoms with Crippen molar-refractivity contribution in [3.05, 3.63) is 0 Å². The zero-order chi connectivity index (χ0) is 13.2. The van der Waals surface area contributed by atoms with Gasteiger partial charge in [0.25, 0.3) is 0 Å². The molecule has 2 atom stereocenters. The van der Waals surface area contributed by atoms with Crippen LogP contribution in [0.4, 0.5) is 0 Å². The maximum absolute atomic E-state index is 5.90. The first kappa shape index (κ1) is 14.3. The Kier molecular flexibility index (Phi) is 4.68. The Bertz CT molecular complexity index is 255. The normalized spacial score (nSPS) is 27.7. The SMILES string of the molecule is CC(C)(C)CC(CN)CNC1CCN(C2CC2)C1. The zero-order valence-electron chi connectivity index (χ0n) is 12.4. The Morgan fingerprint density at radius 2 is 2.00 bits per heavy atom. The Balaban J connectivity index is 1.66. The molecule has 0 spiro atoms. The molecule has 0 aromatic rings. The Hall–Kier alpha value is -0.120. The van der Waals surface area contributed by atoms with Gasteiger partial charge in [0.05, 0.1) is 0 Å². The van der Waals surface area contributed by atoms with Gasteiger partial charge in [-0.1, -0.05) is 20.8 Å². The molecule has 2 unspecified atom stereocenters. The van der Waals surface area contributed by atoms with Gasteiger partial charge in [0, 0.05) is 25.2 Å². The van der Waals surface area contributed by atoms with Crippen molar-refractivity contribution in [2.45, 2.75) is 58.5 Å². The van der Waals surface area contributed by atoms with Crippen LogP contribution in [0.3, 0.4) is 0 Å². The summed E-state index contributed by atoms with van der Waals surface area (Å²) in [5, 5.41) is 3.75. The highest BCUT2D eigenvalue weighted by Crippen LogP contribution is 2.30. The summed E-state index contributed by atoms with van der Waals surface area (Å²) in [6.45, 7) is 11.4. The molecular formula is C15H31N3. The van der Waals surface area contributed by atoms with Crippen molar-refractivity contribution in [2.24, 2.45) is 17.1 Å². The maximum Gasteiger partial charge on any atom is 0.0207 e. The van der Waals surface area contributed by atoms with Gasteiger partial charge < -0.3 is 11.1 Å². The predicted molar refractivity (Wildman–Crippen MR) is 77.6 cm³/mol. The van der Waals surface area contributed by atoms with Crippen molar-refractivity contribution in [3.8, 4) is 0 Å². The fourth-order valence-electron chi connectivity index (χ4n) is 3.16. The molecule has 18 heavy (non-hydrogen) atoms. The fourth-order valence-corrected chi connectivity index (χ4v) is 3.16. The number of likely N-dealkylation sites (tertiary alicyclic amines) is 1. The molecule has 3 N–H and O–H groups in total. The second-order valence-electron chi connectivity index (χ2n) is 7.49. The summed E-state index contributed by atoms with van der Waals surface area (Å²) in [5.74, 6) is 0.625. The first-order chi connectivity index (χ1) is 8.48. The second kappa shape index (κ2) is 5.89. The second-order valence-corrected chi connectivity index (χ2v) is 7.49. The van der Waals surface area contributed by atoms with Gasteiger partial charge in [0.1, 0.15) is 0 Å². The molecule has 1 aliphatic heterocycles. The van der Waals surface area contributed by atoms with Crippen LogP contribution in [0.5, 0.6) is 0 Å². The van der Waals surface area contributed by atoms with Crippen LogP contribution >= 0.6 is 0 Å². The van der Waals surface area contributed by atoms with E-state index in [4.69, 9.17) is 5.73 Å². The average Bonchev–Trinajstić information content (AvgIpc) is 3.03. The third kappa shape index (κ3) is 4.52. The summed E-state index contributed by atoms with van der Waals surface area (Å²) < 4.78 is 0. The van der Waals surface area contributed by atoms with E-state index in [1.54, 1.807) is 0 Å². The number of rotatable bonds is 6. The third-order valence-corrected chi connectivity index (χ3v) is 4.21.